The number of sulfonamides is 1. The quantitative estimate of drug-likeness (QED) is 0.672. The number of nitrogens with zero attached hydrogens (tertiary/aromatic N) is 2. The number of rotatable bonds is 6. The molecule has 0 radical (unpaired) electrons. The molecule has 8 nitrogen and oxygen atoms in total. The predicted octanol–water partition coefficient (Wildman–Crippen LogP) is 2.31. The SMILES string of the molecule is CC(C)S(=O)(=O)Nc1cccc(-c2ccc(C(=O)N3CCN(C(=O)C4(O)CC4)CC3)cc2)c1. The number of benzene rings is 2. The average molecular weight is 472 g/mol. The second-order valence-electron chi connectivity index (χ2n) is 8.97. The Kier molecular flexibility index (Phi) is 6.20. The zero-order valence-corrected chi connectivity index (χ0v) is 19.6. The maximum absolute atomic E-state index is 12.9. The molecule has 1 heterocycles. The first-order valence-electron chi connectivity index (χ1n) is 11.1. The van der Waals surface area contributed by atoms with Crippen molar-refractivity contribution in [3.8, 4) is 11.1 Å². The first kappa shape index (κ1) is 23.3. The van der Waals surface area contributed by atoms with Gasteiger partial charge in [0.15, 0.2) is 0 Å². The number of amides is 2. The fourth-order valence-electron chi connectivity index (χ4n) is 3.77. The summed E-state index contributed by atoms with van der Waals surface area (Å²) in [6, 6.07) is 14.3. The molecule has 9 heteroatoms. The highest BCUT2D eigenvalue weighted by atomic mass is 32.2. The van der Waals surface area contributed by atoms with Crippen LogP contribution in [0.15, 0.2) is 48.5 Å². The van der Waals surface area contributed by atoms with E-state index in [0.29, 0.717) is 50.3 Å². The van der Waals surface area contributed by atoms with E-state index in [1.807, 2.05) is 18.2 Å². The van der Waals surface area contributed by atoms with Crippen molar-refractivity contribution in [2.24, 2.45) is 0 Å². The number of carbonyl (C=O) groups is 2. The molecule has 2 aromatic carbocycles. The Morgan fingerprint density at radius 3 is 2.12 bits per heavy atom. The summed E-state index contributed by atoms with van der Waals surface area (Å²) in [6.07, 6.45) is 1.04. The van der Waals surface area contributed by atoms with Crippen LogP contribution in [-0.4, -0.2) is 72.2 Å². The lowest BCUT2D eigenvalue weighted by Gasteiger charge is -2.35. The molecule has 2 aromatic rings. The van der Waals surface area contributed by atoms with Gasteiger partial charge < -0.3 is 14.9 Å². The fraction of sp³-hybridized carbons (Fsp3) is 0.417. The van der Waals surface area contributed by atoms with Crippen LogP contribution < -0.4 is 4.72 Å². The van der Waals surface area contributed by atoms with Gasteiger partial charge in [0.05, 0.1) is 5.25 Å². The number of aliphatic hydroxyl groups is 1. The maximum atomic E-state index is 12.9. The second-order valence-corrected chi connectivity index (χ2v) is 11.2. The summed E-state index contributed by atoms with van der Waals surface area (Å²) in [5.74, 6) is -0.325. The van der Waals surface area contributed by atoms with Crippen molar-refractivity contribution < 1.29 is 23.1 Å². The van der Waals surface area contributed by atoms with Gasteiger partial charge in [-0.25, -0.2) is 8.42 Å². The highest BCUT2D eigenvalue weighted by molar-refractivity contribution is 7.93. The molecule has 1 saturated carbocycles. The summed E-state index contributed by atoms with van der Waals surface area (Å²) in [5, 5.41) is 9.48. The van der Waals surface area contributed by atoms with E-state index in [1.54, 1.807) is 54.0 Å². The Labute approximate surface area is 194 Å². The number of piperazine rings is 1. The van der Waals surface area contributed by atoms with Crippen LogP contribution in [-0.2, 0) is 14.8 Å². The summed E-state index contributed by atoms with van der Waals surface area (Å²) < 4.78 is 26.9. The number of carbonyl (C=O) groups excluding carboxylic acids is 2. The van der Waals surface area contributed by atoms with Gasteiger partial charge in [0.25, 0.3) is 11.8 Å². The van der Waals surface area contributed by atoms with Crippen molar-refractivity contribution in [3.63, 3.8) is 0 Å². The number of nitrogens with one attached hydrogen (secondary N) is 1. The minimum atomic E-state index is -3.43. The molecule has 2 fully saturated rings. The van der Waals surface area contributed by atoms with E-state index in [-0.39, 0.29) is 11.8 Å². The standard InChI is InChI=1S/C24H29N3O5S/c1-17(2)33(31,32)25-21-5-3-4-20(16-21)18-6-8-19(9-7-18)22(28)26-12-14-27(15-13-26)23(29)24(30)10-11-24/h3-9,16-17,25,30H,10-15H2,1-2H3. The first-order valence-corrected chi connectivity index (χ1v) is 12.7. The van der Waals surface area contributed by atoms with E-state index >= 15 is 0 Å². The molecule has 1 aliphatic heterocycles. The fourth-order valence-corrected chi connectivity index (χ4v) is 4.46. The summed E-state index contributed by atoms with van der Waals surface area (Å²) in [6.45, 7) is 4.95. The summed E-state index contributed by atoms with van der Waals surface area (Å²) in [5.41, 5.74) is 1.57. The van der Waals surface area contributed by atoms with Crippen molar-refractivity contribution in [1.82, 2.24) is 9.80 Å². The van der Waals surface area contributed by atoms with Gasteiger partial charge in [-0.15, -0.1) is 0 Å². The lowest BCUT2D eigenvalue weighted by Crippen LogP contribution is -2.53. The third-order valence-corrected chi connectivity index (χ3v) is 7.95. The molecule has 0 atom stereocenters. The van der Waals surface area contributed by atoms with Crippen LogP contribution in [0.5, 0.6) is 0 Å². The van der Waals surface area contributed by atoms with Gasteiger partial charge >= 0.3 is 0 Å². The Morgan fingerprint density at radius 2 is 1.55 bits per heavy atom. The third-order valence-electron chi connectivity index (χ3n) is 6.18. The van der Waals surface area contributed by atoms with Gasteiger partial charge in [0.1, 0.15) is 5.60 Å². The molecule has 2 N–H and O–H groups in total. The van der Waals surface area contributed by atoms with Gasteiger partial charge in [0, 0.05) is 37.4 Å². The predicted molar refractivity (Wildman–Crippen MR) is 126 cm³/mol. The summed E-state index contributed by atoms with van der Waals surface area (Å²) in [4.78, 5) is 28.5. The molecule has 2 aliphatic rings. The van der Waals surface area contributed by atoms with Crippen LogP contribution in [0.2, 0.25) is 0 Å². The van der Waals surface area contributed by atoms with Crippen LogP contribution >= 0.6 is 0 Å². The van der Waals surface area contributed by atoms with Gasteiger partial charge in [-0.3, -0.25) is 14.3 Å². The number of hydrogen-bond acceptors (Lipinski definition) is 5. The van der Waals surface area contributed by atoms with Crippen LogP contribution in [0.25, 0.3) is 11.1 Å². The molecule has 0 spiro atoms. The molecule has 33 heavy (non-hydrogen) atoms. The maximum Gasteiger partial charge on any atom is 0.254 e. The zero-order valence-electron chi connectivity index (χ0n) is 18.8. The molecule has 2 amide bonds. The van der Waals surface area contributed by atoms with Crippen molar-refractivity contribution in [2.45, 2.75) is 37.5 Å². The number of anilines is 1. The lowest BCUT2D eigenvalue weighted by molar-refractivity contribution is -0.143. The van der Waals surface area contributed by atoms with E-state index < -0.39 is 20.9 Å². The Hall–Kier alpha value is -2.91. The molecule has 0 aromatic heterocycles. The minimum absolute atomic E-state index is 0.0998. The largest absolute Gasteiger partial charge is 0.380 e. The van der Waals surface area contributed by atoms with Crippen molar-refractivity contribution in [1.29, 1.82) is 0 Å². The monoisotopic (exact) mass is 471 g/mol. The smallest absolute Gasteiger partial charge is 0.254 e. The minimum Gasteiger partial charge on any atom is -0.380 e. The molecular formula is C24H29N3O5S. The third kappa shape index (κ3) is 5.04. The van der Waals surface area contributed by atoms with Gasteiger partial charge in [0.2, 0.25) is 10.0 Å². The highest BCUT2D eigenvalue weighted by Crippen LogP contribution is 2.37. The van der Waals surface area contributed by atoms with Crippen molar-refractivity contribution in [3.05, 3.63) is 54.1 Å². The topological polar surface area (TPSA) is 107 Å². The first-order chi connectivity index (χ1) is 15.6. The highest BCUT2D eigenvalue weighted by Gasteiger charge is 2.50. The van der Waals surface area contributed by atoms with Crippen LogP contribution in [0.4, 0.5) is 5.69 Å². The van der Waals surface area contributed by atoms with Crippen molar-refractivity contribution in [2.75, 3.05) is 30.9 Å². The molecule has 4 rings (SSSR count). The Bertz CT molecular complexity index is 1150. The zero-order chi connectivity index (χ0) is 23.8. The lowest BCUT2D eigenvalue weighted by atomic mass is 10.0. The van der Waals surface area contributed by atoms with E-state index in [0.717, 1.165) is 11.1 Å². The molecule has 1 saturated heterocycles. The molecule has 0 unspecified atom stereocenters. The van der Waals surface area contributed by atoms with E-state index in [2.05, 4.69) is 4.72 Å². The normalized spacial score (nSPS) is 17.7. The van der Waals surface area contributed by atoms with E-state index in [1.165, 1.54) is 0 Å². The summed E-state index contributed by atoms with van der Waals surface area (Å²) in [7, 11) is -3.43. The molecule has 1 aliphatic carbocycles. The van der Waals surface area contributed by atoms with Crippen LogP contribution in [0, 0.1) is 0 Å². The average Bonchev–Trinajstić information content (AvgIpc) is 3.56. The molecular weight excluding hydrogens is 442 g/mol. The van der Waals surface area contributed by atoms with Crippen molar-refractivity contribution >= 4 is 27.5 Å². The molecule has 176 valence electrons. The Balaban J connectivity index is 1.40. The Morgan fingerprint density at radius 1 is 0.939 bits per heavy atom. The van der Waals surface area contributed by atoms with Gasteiger partial charge in [-0.05, 0) is 62.1 Å². The molecule has 0 bridgehead atoms. The number of hydrogen-bond donors (Lipinski definition) is 2. The van der Waals surface area contributed by atoms with E-state index in [4.69, 9.17) is 0 Å². The van der Waals surface area contributed by atoms with Crippen LogP contribution in [0.3, 0.4) is 0 Å². The van der Waals surface area contributed by atoms with Gasteiger partial charge in [-0.2, -0.15) is 0 Å². The van der Waals surface area contributed by atoms with Gasteiger partial charge in [-0.1, -0.05) is 24.3 Å². The van der Waals surface area contributed by atoms with E-state index in [9.17, 15) is 23.1 Å². The van der Waals surface area contributed by atoms with Crippen LogP contribution in [0.1, 0.15) is 37.0 Å². The second kappa shape index (κ2) is 8.79. The summed E-state index contributed by atoms with van der Waals surface area (Å²) >= 11 is 0.